The lowest BCUT2D eigenvalue weighted by molar-refractivity contribution is -0.00435. The second kappa shape index (κ2) is 7.62. The van der Waals surface area contributed by atoms with Crippen LogP contribution in [0.1, 0.15) is 24.8 Å². The zero-order chi connectivity index (χ0) is 19.6. The summed E-state index contributed by atoms with van der Waals surface area (Å²) in [6.45, 7) is 1.33. The minimum absolute atomic E-state index is 0.127. The SMILES string of the molecule is COc1cccc(NC(=O)N2CCC3(CCc4ccccc4O3)CC2)c1OC. The van der Waals surface area contributed by atoms with Gasteiger partial charge < -0.3 is 24.4 Å². The quantitative estimate of drug-likeness (QED) is 0.868. The van der Waals surface area contributed by atoms with E-state index in [4.69, 9.17) is 14.2 Å². The average molecular weight is 382 g/mol. The average Bonchev–Trinajstić information content (AvgIpc) is 2.74. The number of urea groups is 1. The van der Waals surface area contributed by atoms with E-state index in [1.54, 1.807) is 20.3 Å². The maximum absolute atomic E-state index is 12.8. The largest absolute Gasteiger partial charge is 0.493 e. The second-order valence-electron chi connectivity index (χ2n) is 7.35. The predicted octanol–water partition coefficient (Wildman–Crippen LogP) is 4.10. The molecule has 2 aromatic rings. The number of nitrogens with one attached hydrogen (secondary N) is 1. The highest BCUT2D eigenvalue weighted by Crippen LogP contribution is 2.39. The molecule has 4 rings (SSSR count). The highest BCUT2D eigenvalue weighted by molar-refractivity contribution is 5.91. The number of aryl methyl sites for hydroxylation is 1. The maximum Gasteiger partial charge on any atom is 0.321 e. The number of benzene rings is 2. The van der Waals surface area contributed by atoms with Crippen molar-refractivity contribution in [3.63, 3.8) is 0 Å². The first-order valence-corrected chi connectivity index (χ1v) is 9.68. The van der Waals surface area contributed by atoms with E-state index in [-0.39, 0.29) is 11.6 Å². The van der Waals surface area contributed by atoms with Crippen LogP contribution >= 0.6 is 0 Å². The highest BCUT2D eigenvalue weighted by atomic mass is 16.5. The standard InChI is InChI=1S/C22H26N2O4/c1-26-19-9-5-7-17(20(19)27-2)23-21(25)24-14-12-22(13-15-24)11-10-16-6-3-4-8-18(16)28-22/h3-9H,10-15H2,1-2H3,(H,23,25). The van der Waals surface area contributed by atoms with Crippen LogP contribution in [-0.2, 0) is 6.42 Å². The van der Waals surface area contributed by atoms with Crippen LogP contribution in [-0.4, -0.2) is 43.8 Å². The summed E-state index contributed by atoms with van der Waals surface area (Å²) in [6, 6.07) is 13.6. The van der Waals surface area contributed by atoms with E-state index in [0.717, 1.165) is 31.4 Å². The number of likely N-dealkylation sites (tertiary alicyclic amines) is 1. The molecule has 0 unspecified atom stereocenters. The summed E-state index contributed by atoms with van der Waals surface area (Å²) < 4.78 is 17.1. The van der Waals surface area contributed by atoms with Gasteiger partial charge in [-0.25, -0.2) is 4.79 Å². The van der Waals surface area contributed by atoms with Crippen LogP contribution in [0.15, 0.2) is 42.5 Å². The molecular formula is C22H26N2O4. The van der Waals surface area contributed by atoms with Gasteiger partial charge >= 0.3 is 6.03 Å². The Labute approximate surface area is 165 Å². The first-order chi connectivity index (χ1) is 13.6. The Morgan fingerprint density at radius 3 is 2.57 bits per heavy atom. The zero-order valence-electron chi connectivity index (χ0n) is 16.4. The van der Waals surface area contributed by atoms with Gasteiger partial charge in [0.15, 0.2) is 11.5 Å². The van der Waals surface area contributed by atoms with E-state index in [1.165, 1.54) is 5.56 Å². The van der Waals surface area contributed by atoms with Crippen LogP contribution < -0.4 is 19.5 Å². The molecule has 1 spiro atoms. The fraction of sp³-hybridized carbons (Fsp3) is 0.409. The maximum atomic E-state index is 12.8. The van der Waals surface area contributed by atoms with Crippen LogP contribution in [0.3, 0.4) is 0 Å². The number of ether oxygens (including phenoxy) is 3. The Hall–Kier alpha value is -2.89. The van der Waals surface area contributed by atoms with Crippen molar-refractivity contribution in [3.8, 4) is 17.2 Å². The van der Waals surface area contributed by atoms with E-state index in [1.807, 2.05) is 29.2 Å². The van der Waals surface area contributed by atoms with Gasteiger partial charge in [0.25, 0.3) is 0 Å². The van der Waals surface area contributed by atoms with Gasteiger partial charge in [0, 0.05) is 25.9 Å². The lowest BCUT2D eigenvalue weighted by Crippen LogP contribution is -2.52. The summed E-state index contributed by atoms with van der Waals surface area (Å²) in [5.41, 5.74) is 1.73. The van der Waals surface area contributed by atoms with Gasteiger partial charge in [-0.15, -0.1) is 0 Å². The van der Waals surface area contributed by atoms with Crippen LogP contribution in [0.25, 0.3) is 0 Å². The molecule has 28 heavy (non-hydrogen) atoms. The van der Waals surface area contributed by atoms with Crippen molar-refractivity contribution < 1.29 is 19.0 Å². The summed E-state index contributed by atoms with van der Waals surface area (Å²) in [5.74, 6) is 2.11. The van der Waals surface area contributed by atoms with Crippen LogP contribution in [0.4, 0.5) is 10.5 Å². The van der Waals surface area contributed by atoms with E-state index >= 15 is 0 Å². The molecule has 0 radical (unpaired) electrons. The van der Waals surface area contributed by atoms with Crippen molar-refractivity contribution in [2.75, 3.05) is 32.6 Å². The van der Waals surface area contributed by atoms with Crippen LogP contribution in [0.2, 0.25) is 0 Å². The number of hydrogen-bond acceptors (Lipinski definition) is 4. The first kappa shape index (κ1) is 18.5. The summed E-state index contributed by atoms with van der Waals surface area (Å²) in [7, 11) is 3.15. The number of amides is 2. The number of fused-ring (bicyclic) bond motifs is 1. The summed E-state index contributed by atoms with van der Waals surface area (Å²) in [5, 5.41) is 2.95. The van der Waals surface area contributed by atoms with Gasteiger partial charge in [0.1, 0.15) is 11.4 Å². The molecule has 0 saturated carbocycles. The third kappa shape index (κ3) is 3.46. The Morgan fingerprint density at radius 1 is 1.04 bits per heavy atom. The lowest BCUT2D eigenvalue weighted by atomic mass is 9.83. The number of carbonyl (C=O) groups excluding carboxylic acids is 1. The molecule has 0 atom stereocenters. The molecule has 2 amide bonds. The van der Waals surface area contributed by atoms with Crippen molar-refractivity contribution in [1.82, 2.24) is 4.90 Å². The Bertz CT molecular complexity index is 859. The molecule has 1 fully saturated rings. The van der Waals surface area contributed by atoms with Gasteiger partial charge in [-0.2, -0.15) is 0 Å². The molecule has 1 saturated heterocycles. The van der Waals surface area contributed by atoms with Crippen molar-refractivity contribution in [2.24, 2.45) is 0 Å². The number of methoxy groups -OCH3 is 2. The lowest BCUT2D eigenvalue weighted by Gasteiger charge is -2.44. The van der Waals surface area contributed by atoms with E-state index < -0.39 is 0 Å². The van der Waals surface area contributed by atoms with Crippen molar-refractivity contribution in [3.05, 3.63) is 48.0 Å². The second-order valence-corrected chi connectivity index (χ2v) is 7.35. The molecule has 0 aromatic heterocycles. The molecule has 0 aliphatic carbocycles. The van der Waals surface area contributed by atoms with E-state index in [2.05, 4.69) is 17.4 Å². The number of para-hydroxylation sites is 2. The molecule has 1 N–H and O–H groups in total. The Kier molecular flexibility index (Phi) is 5.03. The Balaban J connectivity index is 1.40. The molecule has 148 valence electrons. The number of anilines is 1. The van der Waals surface area contributed by atoms with Crippen molar-refractivity contribution >= 4 is 11.7 Å². The first-order valence-electron chi connectivity index (χ1n) is 9.68. The molecule has 2 heterocycles. The van der Waals surface area contributed by atoms with Crippen molar-refractivity contribution in [2.45, 2.75) is 31.3 Å². The molecule has 0 bridgehead atoms. The highest BCUT2D eigenvalue weighted by Gasteiger charge is 2.40. The number of hydrogen-bond donors (Lipinski definition) is 1. The van der Waals surface area contributed by atoms with Crippen LogP contribution in [0, 0.1) is 0 Å². The predicted molar refractivity (Wildman–Crippen MR) is 107 cm³/mol. The number of rotatable bonds is 3. The number of carbonyl (C=O) groups is 1. The van der Waals surface area contributed by atoms with Gasteiger partial charge in [0.05, 0.1) is 19.9 Å². The summed E-state index contributed by atoms with van der Waals surface area (Å²) >= 11 is 0. The zero-order valence-corrected chi connectivity index (χ0v) is 16.4. The third-order valence-electron chi connectivity index (χ3n) is 5.76. The molecule has 2 aliphatic heterocycles. The molecule has 6 nitrogen and oxygen atoms in total. The fourth-order valence-electron chi connectivity index (χ4n) is 4.11. The van der Waals surface area contributed by atoms with E-state index in [0.29, 0.717) is 30.3 Å². The number of piperidine rings is 1. The Morgan fingerprint density at radius 2 is 1.82 bits per heavy atom. The topological polar surface area (TPSA) is 60.0 Å². The minimum atomic E-state index is -0.154. The fourth-order valence-corrected chi connectivity index (χ4v) is 4.11. The molecular weight excluding hydrogens is 356 g/mol. The normalized spacial score (nSPS) is 17.4. The van der Waals surface area contributed by atoms with Gasteiger partial charge in [0.2, 0.25) is 0 Å². The van der Waals surface area contributed by atoms with Gasteiger partial charge in [-0.05, 0) is 36.6 Å². The summed E-state index contributed by atoms with van der Waals surface area (Å²) in [4.78, 5) is 14.6. The van der Waals surface area contributed by atoms with Crippen molar-refractivity contribution in [1.29, 1.82) is 0 Å². The molecule has 6 heteroatoms. The molecule has 2 aromatic carbocycles. The minimum Gasteiger partial charge on any atom is -0.493 e. The summed E-state index contributed by atoms with van der Waals surface area (Å²) in [6.07, 6.45) is 3.71. The monoisotopic (exact) mass is 382 g/mol. The third-order valence-corrected chi connectivity index (χ3v) is 5.76. The van der Waals surface area contributed by atoms with Gasteiger partial charge in [-0.1, -0.05) is 24.3 Å². The van der Waals surface area contributed by atoms with Gasteiger partial charge in [-0.3, -0.25) is 0 Å². The smallest absolute Gasteiger partial charge is 0.321 e. The van der Waals surface area contributed by atoms with E-state index in [9.17, 15) is 4.79 Å². The molecule has 2 aliphatic rings. The van der Waals surface area contributed by atoms with Crippen LogP contribution in [0.5, 0.6) is 17.2 Å². The number of nitrogens with zero attached hydrogens (tertiary/aromatic N) is 1.